The van der Waals surface area contributed by atoms with Crippen LogP contribution in [0.5, 0.6) is 0 Å². The molecule has 2 heterocycles. The molecule has 0 radical (unpaired) electrons. The molecule has 3 aromatic rings. The molecule has 1 aromatic carbocycles. The van der Waals surface area contributed by atoms with E-state index >= 15 is 0 Å². The second-order valence-corrected chi connectivity index (χ2v) is 7.91. The molecule has 0 spiro atoms. The van der Waals surface area contributed by atoms with Gasteiger partial charge in [-0.25, -0.2) is 0 Å². The number of aryl methyl sites for hydroxylation is 2. The van der Waals surface area contributed by atoms with Gasteiger partial charge in [0.15, 0.2) is 0 Å². The summed E-state index contributed by atoms with van der Waals surface area (Å²) in [6.07, 6.45) is 2.11. The molecule has 0 aliphatic heterocycles. The van der Waals surface area contributed by atoms with Crippen LogP contribution < -0.4 is 10.6 Å². The van der Waals surface area contributed by atoms with Crippen molar-refractivity contribution < 1.29 is 9.59 Å². The summed E-state index contributed by atoms with van der Waals surface area (Å²) in [4.78, 5) is 26.6. The monoisotopic (exact) mass is 416 g/mol. The first-order valence-electron chi connectivity index (χ1n) is 8.85. The van der Waals surface area contributed by atoms with E-state index in [1.807, 2.05) is 44.2 Å². The maximum Gasteiger partial charge on any atom is 0.276 e. The van der Waals surface area contributed by atoms with Crippen molar-refractivity contribution >= 4 is 39.8 Å². The van der Waals surface area contributed by atoms with Crippen LogP contribution in [0.15, 0.2) is 36.5 Å². The second-order valence-electron chi connectivity index (χ2n) is 6.28. The minimum atomic E-state index is -0.397. The fraction of sp³-hybridized carbons (Fsp3) is 0.250. The van der Waals surface area contributed by atoms with Gasteiger partial charge in [0.05, 0.1) is 16.8 Å². The standard InChI is InChI=1S/C20H21ClN4O2S/c1-4-14-12(2)28-20(24-19(27)17-15(21)11-23-25(17)3)16(14)18(26)22-10-13-8-6-5-7-9-13/h5-9,11H,4,10H2,1-3H3,(H,22,26)(H,24,27). The Hall–Kier alpha value is -2.64. The van der Waals surface area contributed by atoms with E-state index < -0.39 is 5.91 Å². The summed E-state index contributed by atoms with van der Waals surface area (Å²) < 4.78 is 1.41. The molecule has 0 aliphatic carbocycles. The molecule has 0 atom stereocenters. The third-order valence-corrected chi connectivity index (χ3v) is 5.76. The molecule has 0 unspecified atom stereocenters. The molecule has 0 bridgehead atoms. The van der Waals surface area contributed by atoms with Gasteiger partial charge in [-0.15, -0.1) is 11.3 Å². The van der Waals surface area contributed by atoms with Crippen LogP contribution in [0.4, 0.5) is 5.00 Å². The topological polar surface area (TPSA) is 76.0 Å². The molecule has 146 valence electrons. The van der Waals surface area contributed by atoms with Crippen molar-refractivity contribution in [1.82, 2.24) is 15.1 Å². The van der Waals surface area contributed by atoms with Gasteiger partial charge in [0.1, 0.15) is 10.7 Å². The third kappa shape index (κ3) is 4.10. The van der Waals surface area contributed by atoms with Gasteiger partial charge in [-0.2, -0.15) is 5.10 Å². The lowest BCUT2D eigenvalue weighted by molar-refractivity contribution is 0.0951. The SMILES string of the molecule is CCc1c(C)sc(NC(=O)c2c(Cl)cnn2C)c1C(=O)NCc1ccccc1. The molecule has 0 saturated carbocycles. The number of halogens is 1. The first kappa shape index (κ1) is 20.1. The molecule has 0 fully saturated rings. The number of rotatable bonds is 6. The summed E-state index contributed by atoms with van der Waals surface area (Å²) in [5.74, 6) is -0.609. The van der Waals surface area contributed by atoms with Gasteiger partial charge in [0.25, 0.3) is 11.8 Å². The van der Waals surface area contributed by atoms with E-state index in [0.29, 0.717) is 23.5 Å². The van der Waals surface area contributed by atoms with Crippen molar-refractivity contribution in [2.24, 2.45) is 7.05 Å². The van der Waals surface area contributed by atoms with Gasteiger partial charge < -0.3 is 10.6 Å². The van der Waals surface area contributed by atoms with Crippen molar-refractivity contribution in [3.8, 4) is 0 Å². The Labute approximate surface area is 172 Å². The normalized spacial score (nSPS) is 10.7. The van der Waals surface area contributed by atoms with Crippen molar-refractivity contribution in [2.75, 3.05) is 5.32 Å². The number of anilines is 1. The lowest BCUT2D eigenvalue weighted by Crippen LogP contribution is -2.25. The second kappa shape index (κ2) is 8.58. The minimum Gasteiger partial charge on any atom is -0.348 e. The largest absolute Gasteiger partial charge is 0.348 e. The van der Waals surface area contributed by atoms with E-state index in [-0.39, 0.29) is 16.6 Å². The van der Waals surface area contributed by atoms with Crippen molar-refractivity contribution in [1.29, 1.82) is 0 Å². The number of carbonyl (C=O) groups excluding carboxylic acids is 2. The quantitative estimate of drug-likeness (QED) is 0.632. The zero-order valence-corrected chi connectivity index (χ0v) is 17.4. The highest BCUT2D eigenvalue weighted by atomic mass is 35.5. The van der Waals surface area contributed by atoms with Gasteiger partial charge in [-0.1, -0.05) is 48.9 Å². The lowest BCUT2D eigenvalue weighted by Gasteiger charge is -2.10. The first-order valence-corrected chi connectivity index (χ1v) is 10.0. The molecule has 28 heavy (non-hydrogen) atoms. The number of aromatic nitrogens is 2. The highest BCUT2D eigenvalue weighted by Crippen LogP contribution is 2.34. The molecule has 0 aliphatic rings. The number of carbonyl (C=O) groups is 2. The van der Waals surface area contributed by atoms with Crippen LogP contribution >= 0.6 is 22.9 Å². The third-order valence-electron chi connectivity index (χ3n) is 4.42. The Kier molecular flexibility index (Phi) is 6.16. The number of nitrogens with one attached hydrogen (secondary N) is 2. The average Bonchev–Trinajstić information content (AvgIpc) is 3.18. The van der Waals surface area contributed by atoms with Crippen molar-refractivity contribution in [3.63, 3.8) is 0 Å². The van der Waals surface area contributed by atoms with Gasteiger partial charge in [0, 0.05) is 18.5 Å². The van der Waals surface area contributed by atoms with E-state index in [1.165, 1.54) is 22.2 Å². The molecular formula is C20H21ClN4O2S. The van der Waals surface area contributed by atoms with E-state index in [0.717, 1.165) is 16.0 Å². The summed E-state index contributed by atoms with van der Waals surface area (Å²) in [5.41, 5.74) is 2.70. The highest BCUT2D eigenvalue weighted by molar-refractivity contribution is 7.16. The van der Waals surface area contributed by atoms with Crippen LogP contribution in [0.3, 0.4) is 0 Å². The zero-order chi connectivity index (χ0) is 20.3. The summed E-state index contributed by atoms with van der Waals surface area (Å²) in [6.45, 7) is 4.36. The maximum absolute atomic E-state index is 12.9. The van der Waals surface area contributed by atoms with Gasteiger partial charge >= 0.3 is 0 Å². The predicted molar refractivity (Wildman–Crippen MR) is 112 cm³/mol. The Morgan fingerprint density at radius 3 is 2.54 bits per heavy atom. The van der Waals surface area contributed by atoms with Crippen LogP contribution in [0, 0.1) is 6.92 Å². The zero-order valence-electron chi connectivity index (χ0n) is 15.9. The van der Waals surface area contributed by atoms with Crippen LogP contribution in [0.2, 0.25) is 5.02 Å². The van der Waals surface area contributed by atoms with Crippen LogP contribution in [0.1, 0.15) is 43.8 Å². The Morgan fingerprint density at radius 2 is 1.93 bits per heavy atom. The van der Waals surface area contributed by atoms with E-state index in [4.69, 9.17) is 11.6 Å². The van der Waals surface area contributed by atoms with Crippen molar-refractivity contribution in [2.45, 2.75) is 26.8 Å². The minimum absolute atomic E-state index is 0.212. The fourth-order valence-corrected chi connectivity index (χ4v) is 4.42. The Bertz CT molecular complexity index is 991. The predicted octanol–water partition coefficient (Wildman–Crippen LogP) is 4.19. The molecule has 8 heteroatoms. The molecule has 2 N–H and O–H groups in total. The molecule has 3 rings (SSSR count). The number of thiophene rings is 1. The first-order chi connectivity index (χ1) is 13.4. The molecule has 6 nitrogen and oxygen atoms in total. The van der Waals surface area contributed by atoms with Crippen LogP contribution in [0.25, 0.3) is 0 Å². The summed E-state index contributed by atoms with van der Waals surface area (Å²) in [7, 11) is 1.64. The molecule has 2 amide bonds. The average molecular weight is 417 g/mol. The number of hydrogen-bond donors (Lipinski definition) is 2. The van der Waals surface area contributed by atoms with E-state index in [9.17, 15) is 9.59 Å². The van der Waals surface area contributed by atoms with Crippen LogP contribution in [-0.4, -0.2) is 21.6 Å². The van der Waals surface area contributed by atoms with Crippen molar-refractivity contribution in [3.05, 3.63) is 68.8 Å². The van der Waals surface area contributed by atoms with Gasteiger partial charge in [-0.05, 0) is 24.5 Å². The number of hydrogen-bond acceptors (Lipinski definition) is 4. The molecular weight excluding hydrogens is 396 g/mol. The Morgan fingerprint density at radius 1 is 1.21 bits per heavy atom. The van der Waals surface area contributed by atoms with Crippen LogP contribution in [-0.2, 0) is 20.0 Å². The lowest BCUT2D eigenvalue weighted by atomic mass is 10.1. The smallest absolute Gasteiger partial charge is 0.276 e. The number of amides is 2. The summed E-state index contributed by atoms with van der Waals surface area (Å²) in [6, 6.07) is 9.69. The van der Waals surface area contributed by atoms with Gasteiger partial charge in [0.2, 0.25) is 0 Å². The molecule has 0 saturated heterocycles. The Balaban J connectivity index is 1.86. The number of nitrogens with zero attached hydrogens (tertiary/aromatic N) is 2. The molecule has 2 aromatic heterocycles. The summed E-state index contributed by atoms with van der Waals surface area (Å²) >= 11 is 7.46. The fourth-order valence-electron chi connectivity index (χ4n) is 3.03. The van der Waals surface area contributed by atoms with E-state index in [1.54, 1.807) is 7.05 Å². The summed E-state index contributed by atoms with van der Waals surface area (Å²) in [5, 5.41) is 10.6. The van der Waals surface area contributed by atoms with Gasteiger partial charge in [-0.3, -0.25) is 14.3 Å². The number of benzene rings is 1. The highest BCUT2D eigenvalue weighted by Gasteiger charge is 2.24. The van der Waals surface area contributed by atoms with E-state index in [2.05, 4.69) is 15.7 Å². The maximum atomic E-state index is 12.9.